The van der Waals surface area contributed by atoms with Crippen LogP contribution in [-0.4, -0.2) is 48.8 Å². The van der Waals surface area contributed by atoms with E-state index in [1.54, 1.807) is 0 Å². The molecular formula is C34H48Br2N4O2. The summed E-state index contributed by atoms with van der Waals surface area (Å²) in [6, 6.07) is 16.2. The smallest absolute Gasteiger partial charge is 0.259 e. The van der Waals surface area contributed by atoms with Crippen LogP contribution in [0.3, 0.4) is 0 Å². The molecule has 0 saturated carbocycles. The lowest BCUT2D eigenvalue weighted by Crippen LogP contribution is -3.00. The zero-order valence-corrected chi connectivity index (χ0v) is 28.9. The largest absolute Gasteiger partial charge is 1.00 e. The Kier molecular flexibility index (Phi) is 18.1. The van der Waals surface area contributed by atoms with Gasteiger partial charge in [0.25, 0.3) is 11.8 Å². The summed E-state index contributed by atoms with van der Waals surface area (Å²) < 4.78 is 4.13. The average molecular weight is 705 g/mol. The minimum Gasteiger partial charge on any atom is -1.00 e. The Morgan fingerprint density at radius 3 is 1.33 bits per heavy atom. The van der Waals surface area contributed by atoms with Gasteiger partial charge in [-0.3, -0.25) is 9.59 Å². The summed E-state index contributed by atoms with van der Waals surface area (Å²) in [4.78, 5) is 29.4. The molecule has 0 spiro atoms. The van der Waals surface area contributed by atoms with Gasteiger partial charge in [0.05, 0.1) is 0 Å². The van der Waals surface area contributed by atoms with Crippen LogP contribution in [0.15, 0.2) is 73.3 Å². The van der Waals surface area contributed by atoms with E-state index in [-0.39, 0.29) is 45.8 Å². The Morgan fingerprint density at radius 1 is 0.595 bits per heavy atom. The maximum absolute atomic E-state index is 12.9. The van der Waals surface area contributed by atoms with Crippen molar-refractivity contribution in [2.24, 2.45) is 0 Å². The summed E-state index contributed by atoms with van der Waals surface area (Å²) >= 11 is 0. The molecule has 3 rings (SSSR count). The summed E-state index contributed by atoms with van der Waals surface area (Å²) in [5.74, 6) is 0.142. The van der Waals surface area contributed by atoms with E-state index in [0.717, 1.165) is 49.9 Å². The molecule has 0 aliphatic carbocycles. The highest BCUT2D eigenvalue weighted by molar-refractivity contribution is 5.93. The van der Waals surface area contributed by atoms with Gasteiger partial charge in [-0.05, 0) is 25.0 Å². The number of hydrogen-bond acceptors (Lipinski definition) is 2. The molecule has 0 saturated heterocycles. The van der Waals surface area contributed by atoms with Crippen molar-refractivity contribution in [2.75, 3.05) is 27.2 Å². The number of amides is 2. The molecule has 0 aliphatic heterocycles. The van der Waals surface area contributed by atoms with Gasteiger partial charge in [0.1, 0.15) is 11.1 Å². The third-order valence-electron chi connectivity index (χ3n) is 7.35. The van der Waals surface area contributed by atoms with Gasteiger partial charge in [-0.2, -0.15) is 9.13 Å². The molecular weight excluding hydrogens is 656 g/mol. The van der Waals surface area contributed by atoms with E-state index in [1.165, 1.54) is 36.8 Å². The third kappa shape index (κ3) is 12.3. The highest BCUT2D eigenvalue weighted by atomic mass is 79.9. The monoisotopic (exact) mass is 702 g/mol. The zero-order chi connectivity index (χ0) is 28.7. The first-order valence-corrected chi connectivity index (χ1v) is 15.0. The molecule has 0 unspecified atom stereocenters. The van der Waals surface area contributed by atoms with Gasteiger partial charge in [0.15, 0.2) is 37.9 Å². The van der Waals surface area contributed by atoms with Crippen molar-refractivity contribution in [3.63, 3.8) is 0 Å². The van der Waals surface area contributed by atoms with Crippen molar-refractivity contribution in [3.8, 4) is 0 Å². The van der Waals surface area contributed by atoms with Gasteiger partial charge in [0.2, 0.25) is 0 Å². The molecule has 1 aromatic carbocycles. The van der Waals surface area contributed by atoms with Crippen LogP contribution in [0, 0.1) is 0 Å². The number of hydrogen-bond donors (Lipinski definition) is 0. The molecule has 2 amide bonds. The van der Waals surface area contributed by atoms with E-state index in [9.17, 15) is 9.59 Å². The van der Waals surface area contributed by atoms with Crippen LogP contribution >= 0.6 is 0 Å². The average Bonchev–Trinajstić information content (AvgIpc) is 2.98. The first-order chi connectivity index (χ1) is 19.4. The van der Waals surface area contributed by atoms with E-state index in [2.05, 4.69) is 47.2 Å². The molecule has 3 aromatic rings. The van der Waals surface area contributed by atoms with Crippen LogP contribution in [-0.2, 0) is 13.1 Å². The second-order valence-electron chi connectivity index (χ2n) is 10.9. The number of carbonyl (C=O) groups excluding carboxylic acids is 2. The van der Waals surface area contributed by atoms with Crippen molar-refractivity contribution >= 4 is 11.8 Å². The van der Waals surface area contributed by atoms with Crippen molar-refractivity contribution in [1.29, 1.82) is 0 Å². The molecule has 8 heteroatoms. The minimum absolute atomic E-state index is 0. The Morgan fingerprint density at radius 2 is 0.976 bits per heavy atom. The summed E-state index contributed by atoms with van der Waals surface area (Å²) in [7, 11) is 3.78. The Balaban J connectivity index is 0.00000441. The summed E-state index contributed by atoms with van der Waals surface area (Å²) in [5, 5.41) is 0. The number of carbonyl (C=O) groups is 2. The SMILES string of the molecule is CCCCCCN(C)C(=O)c1ccc[n+](Cc2ccc(C[n+]3cccc(C(=O)N(C)CCCCCC)c3)cc2)c1.[Br-].[Br-]. The Labute approximate surface area is 274 Å². The van der Waals surface area contributed by atoms with Crippen molar-refractivity contribution in [3.05, 3.63) is 95.6 Å². The predicted molar refractivity (Wildman–Crippen MR) is 160 cm³/mol. The van der Waals surface area contributed by atoms with Crippen LogP contribution in [0.1, 0.15) is 97.1 Å². The lowest BCUT2D eigenvalue weighted by atomic mass is 10.1. The highest BCUT2D eigenvalue weighted by Crippen LogP contribution is 2.09. The van der Waals surface area contributed by atoms with E-state index in [4.69, 9.17) is 0 Å². The highest BCUT2D eigenvalue weighted by Gasteiger charge is 2.17. The van der Waals surface area contributed by atoms with Crippen LogP contribution in [0.2, 0.25) is 0 Å². The van der Waals surface area contributed by atoms with Crippen molar-refractivity contribution in [2.45, 2.75) is 78.3 Å². The van der Waals surface area contributed by atoms with E-state index in [0.29, 0.717) is 13.1 Å². The van der Waals surface area contributed by atoms with E-state index >= 15 is 0 Å². The standard InChI is InChI=1S/C34H48N4O2.2BrH/c1-5-7-9-11-21-35(3)33(39)31-15-13-23-37(27-31)25-29-17-19-30(20-18-29)26-38-24-14-16-32(28-38)34(40)36(4)22-12-10-8-6-2;;/h13-20,23-24,27-28H,5-12,21-22,25-26H2,1-4H3;2*1H/q+2;;/p-2. The van der Waals surface area contributed by atoms with E-state index in [1.807, 2.05) is 72.9 Å². The number of aromatic nitrogens is 2. The third-order valence-corrected chi connectivity index (χ3v) is 7.35. The fourth-order valence-corrected chi connectivity index (χ4v) is 4.86. The molecule has 0 radical (unpaired) electrons. The number of pyridine rings is 2. The molecule has 0 bridgehead atoms. The van der Waals surface area contributed by atoms with Crippen molar-refractivity contribution < 1.29 is 52.7 Å². The van der Waals surface area contributed by atoms with E-state index < -0.39 is 0 Å². The molecule has 0 fully saturated rings. The summed E-state index contributed by atoms with van der Waals surface area (Å²) in [6.45, 7) is 7.37. The molecule has 2 aromatic heterocycles. The molecule has 0 N–H and O–H groups in total. The maximum atomic E-state index is 12.9. The quantitative estimate of drug-likeness (QED) is 0.152. The number of halogens is 2. The van der Waals surface area contributed by atoms with Gasteiger partial charge < -0.3 is 43.8 Å². The fraction of sp³-hybridized carbons (Fsp3) is 0.471. The van der Waals surface area contributed by atoms with Gasteiger partial charge in [-0.25, -0.2) is 0 Å². The van der Waals surface area contributed by atoms with Gasteiger partial charge >= 0.3 is 0 Å². The summed E-state index contributed by atoms with van der Waals surface area (Å²) in [6.07, 6.45) is 17.1. The van der Waals surface area contributed by atoms with Crippen LogP contribution in [0.25, 0.3) is 0 Å². The Bertz CT molecular complexity index is 1130. The van der Waals surface area contributed by atoms with Crippen LogP contribution in [0.5, 0.6) is 0 Å². The second kappa shape index (κ2) is 20.3. The number of benzene rings is 1. The van der Waals surface area contributed by atoms with Crippen LogP contribution < -0.4 is 43.1 Å². The maximum Gasteiger partial charge on any atom is 0.259 e. The molecule has 6 nitrogen and oxygen atoms in total. The number of rotatable bonds is 16. The molecule has 0 atom stereocenters. The topological polar surface area (TPSA) is 48.4 Å². The molecule has 2 heterocycles. The van der Waals surface area contributed by atoms with Gasteiger partial charge in [-0.15, -0.1) is 0 Å². The molecule has 230 valence electrons. The van der Waals surface area contributed by atoms with Crippen molar-refractivity contribution in [1.82, 2.24) is 9.80 Å². The van der Waals surface area contributed by atoms with Gasteiger partial charge in [0, 0.05) is 50.4 Å². The molecule has 0 aliphatic rings. The lowest BCUT2D eigenvalue weighted by Gasteiger charge is -2.16. The zero-order valence-electron chi connectivity index (χ0n) is 25.8. The normalized spacial score (nSPS) is 10.4. The second-order valence-corrected chi connectivity index (χ2v) is 10.9. The Hall–Kier alpha value is -2.58. The predicted octanol–water partition coefficient (Wildman–Crippen LogP) is -0.329. The first-order valence-electron chi connectivity index (χ1n) is 15.0. The number of unbranched alkanes of at least 4 members (excludes halogenated alkanes) is 6. The molecule has 42 heavy (non-hydrogen) atoms. The number of nitrogens with zero attached hydrogens (tertiary/aromatic N) is 4. The first kappa shape index (κ1) is 37.4. The minimum atomic E-state index is 0. The van der Waals surface area contributed by atoms with Crippen LogP contribution in [0.4, 0.5) is 0 Å². The fourth-order valence-electron chi connectivity index (χ4n) is 4.86. The van der Waals surface area contributed by atoms with Gasteiger partial charge in [-0.1, -0.05) is 76.6 Å². The lowest BCUT2D eigenvalue weighted by molar-refractivity contribution is -0.689. The summed E-state index contributed by atoms with van der Waals surface area (Å²) in [5.41, 5.74) is 3.78.